The highest BCUT2D eigenvalue weighted by Crippen LogP contribution is 2.37. The molecule has 0 amide bonds. The number of anilines is 2. The van der Waals surface area contributed by atoms with E-state index < -0.39 is 0 Å². The second-order valence-electron chi connectivity index (χ2n) is 8.92. The lowest BCUT2D eigenvalue weighted by molar-refractivity contribution is 0.415. The number of hydrogen-bond donors (Lipinski definition) is 2. The van der Waals surface area contributed by atoms with Crippen molar-refractivity contribution in [2.24, 2.45) is 0 Å². The third-order valence-electron chi connectivity index (χ3n) is 6.60. The Morgan fingerprint density at radius 3 is 2.43 bits per heavy atom. The number of rotatable bonds is 6. The van der Waals surface area contributed by atoms with Gasteiger partial charge in [-0.25, -0.2) is 4.98 Å². The number of hydrogen-bond acceptors (Lipinski definition) is 6. The molecule has 0 aliphatic heterocycles. The van der Waals surface area contributed by atoms with Crippen molar-refractivity contribution in [2.45, 2.75) is 25.7 Å². The first kappa shape index (κ1) is 22.7. The van der Waals surface area contributed by atoms with E-state index in [9.17, 15) is 4.79 Å². The van der Waals surface area contributed by atoms with E-state index in [1.165, 1.54) is 10.1 Å². The largest absolute Gasteiger partial charge is 0.497 e. The average Bonchev–Trinajstić information content (AvgIpc) is 3.35. The smallest absolute Gasteiger partial charge is 0.284 e. The van der Waals surface area contributed by atoms with Crippen LogP contribution in [0.15, 0.2) is 83.9 Å². The summed E-state index contributed by atoms with van der Waals surface area (Å²) in [5.74, 6) is 1.88. The number of H-pyrrole nitrogens is 1. The molecule has 4 aromatic heterocycles. The number of aromatic nitrogens is 5. The maximum atomic E-state index is 14.1. The van der Waals surface area contributed by atoms with Crippen LogP contribution in [0.4, 0.5) is 11.6 Å². The Morgan fingerprint density at radius 1 is 0.946 bits per heavy atom. The first-order chi connectivity index (χ1) is 18.2. The Bertz CT molecular complexity index is 1640. The number of benzene rings is 1. The van der Waals surface area contributed by atoms with E-state index in [1.807, 2.05) is 60.7 Å². The van der Waals surface area contributed by atoms with Crippen molar-refractivity contribution in [1.82, 2.24) is 24.6 Å². The van der Waals surface area contributed by atoms with Gasteiger partial charge in [0, 0.05) is 12.4 Å². The first-order valence-corrected chi connectivity index (χ1v) is 12.4. The van der Waals surface area contributed by atoms with Crippen molar-refractivity contribution in [3.63, 3.8) is 0 Å². The third kappa shape index (κ3) is 4.27. The highest BCUT2D eigenvalue weighted by Gasteiger charge is 2.25. The van der Waals surface area contributed by atoms with Crippen LogP contribution in [-0.4, -0.2) is 31.7 Å². The van der Waals surface area contributed by atoms with E-state index in [4.69, 9.17) is 9.84 Å². The summed E-state index contributed by atoms with van der Waals surface area (Å²) in [6.07, 6.45) is 9.89. The Kier molecular flexibility index (Phi) is 5.98. The average molecular weight is 491 g/mol. The van der Waals surface area contributed by atoms with Gasteiger partial charge in [-0.1, -0.05) is 30.3 Å². The molecule has 8 heteroatoms. The number of methoxy groups -OCH3 is 1. The molecule has 0 saturated heterocycles. The summed E-state index contributed by atoms with van der Waals surface area (Å²) in [7, 11) is 1.62. The minimum Gasteiger partial charge on any atom is -0.497 e. The van der Waals surface area contributed by atoms with E-state index in [0.717, 1.165) is 42.5 Å². The summed E-state index contributed by atoms with van der Waals surface area (Å²) in [6, 6.07) is 18.8. The Balaban J connectivity index is 1.65. The van der Waals surface area contributed by atoms with Crippen LogP contribution in [-0.2, 0) is 0 Å². The molecule has 0 radical (unpaired) electrons. The maximum absolute atomic E-state index is 14.1. The summed E-state index contributed by atoms with van der Waals surface area (Å²) >= 11 is 0. The lowest BCUT2D eigenvalue weighted by Gasteiger charge is -2.15. The standard InChI is InChI=1S/C29H26N6O2/c1-37-21-15-13-20(14-16-21)25-27(32-23-12-6-8-18-31-23)33-28-24(19-9-3-2-4-10-19)26(34-35(28)29(25)36)22-11-5-7-17-30-22/h5-9,11-18,33H,2-4,10H2,1H3,(H,31,32). The van der Waals surface area contributed by atoms with Crippen LogP contribution in [0.5, 0.6) is 5.75 Å². The molecule has 2 N–H and O–H groups in total. The molecule has 0 unspecified atom stereocenters. The molecule has 0 spiro atoms. The van der Waals surface area contributed by atoms with Gasteiger partial charge in [-0.2, -0.15) is 9.61 Å². The Morgan fingerprint density at radius 2 is 1.76 bits per heavy atom. The van der Waals surface area contributed by atoms with E-state index in [1.54, 1.807) is 19.5 Å². The molecule has 1 aliphatic carbocycles. The van der Waals surface area contributed by atoms with Crippen molar-refractivity contribution < 1.29 is 4.74 Å². The second-order valence-corrected chi connectivity index (χ2v) is 8.92. The molecular weight excluding hydrogens is 464 g/mol. The first-order valence-electron chi connectivity index (χ1n) is 12.4. The van der Waals surface area contributed by atoms with E-state index >= 15 is 0 Å². The van der Waals surface area contributed by atoms with Gasteiger partial charge >= 0.3 is 0 Å². The SMILES string of the molecule is COc1ccc(-c2c(Nc3ccccn3)[nH]c3c(C4=CCCCC4)c(-c4ccccn4)nn3c2=O)cc1. The van der Waals surface area contributed by atoms with Crippen LogP contribution >= 0.6 is 0 Å². The predicted octanol–water partition coefficient (Wildman–Crippen LogP) is 5.86. The van der Waals surface area contributed by atoms with E-state index in [-0.39, 0.29) is 5.56 Å². The fraction of sp³-hybridized carbons (Fsp3) is 0.172. The molecule has 6 rings (SSSR count). The maximum Gasteiger partial charge on any atom is 0.284 e. The molecule has 1 aliphatic rings. The number of nitrogens with zero attached hydrogens (tertiary/aromatic N) is 4. The molecule has 0 saturated carbocycles. The highest BCUT2D eigenvalue weighted by molar-refractivity contribution is 5.89. The van der Waals surface area contributed by atoms with Crippen molar-refractivity contribution in [1.29, 1.82) is 0 Å². The zero-order valence-corrected chi connectivity index (χ0v) is 20.4. The summed E-state index contributed by atoms with van der Waals surface area (Å²) in [4.78, 5) is 26.6. The summed E-state index contributed by atoms with van der Waals surface area (Å²) in [5, 5.41) is 8.16. The second kappa shape index (κ2) is 9.73. The van der Waals surface area contributed by atoms with Gasteiger partial charge in [-0.05, 0) is 73.2 Å². The number of allylic oxidation sites excluding steroid dienone is 2. The predicted molar refractivity (Wildman–Crippen MR) is 145 cm³/mol. The molecule has 8 nitrogen and oxygen atoms in total. The van der Waals surface area contributed by atoms with Crippen molar-refractivity contribution >= 4 is 22.9 Å². The monoisotopic (exact) mass is 490 g/mol. The van der Waals surface area contributed by atoms with Crippen molar-refractivity contribution in [3.05, 3.63) is 95.1 Å². The normalized spacial score (nSPS) is 13.4. The molecule has 4 heterocycles. The van der Waals surface area contributed by atoms with Gasteiger partial charge in [0.1, 0.15) is 28.7 Å². The van der Waals surface area contributed by atoms with Gasteiger partial charge in [0.05, 0.1) is 23.9 Å². The number of ether oxygens (including phenoxy) is 1. The van der Waals surface area contributed by atoms with Crippen LogP contribution in [0.25, 0.3) is 33.7 Å². The van der Waals surface area contributed by atoms with Gasteiger partial charge in [0.25, 0.3) is 5.56 Å². The summed E-state index contributed by atoms with van der Waals surface area (Å²) < 4.78 is 6.79. The molecular formula is C29H26N6O2. The molecule has 0 bridgehead atoms. The number of nitrogens with one attached hydrogen (secondary N) is 2. The van der Waals surface area contributed by atoms with Crippen LogP contribution < -0.4 is 15.6 Å². The zero-order chi connectivity index (χ0) is 25.2. The van der Waals surface area contributed by atoms with Crippen LogP contribution in [0, 0.1) is 0 Å². The fourth-order valence-electron chi connectivity index (χ4n) is 4.81. The molecule has 0 fully saturated rings. The van der Waals surface area contributed by atoms with Gasteiger partial charge in [0.15, 0.2) is 0 Å². The van der Waals surface area contributed by atoms with E-state index in [2.05, 4.69) is 26.3 Å². The van der Waals surface area contributed by atoms with E-state index in [0.29, 0.717) is 34.3 Å². The minimum absolute atomic E-state index is 0.239. The van der Waals surface area contributed by atoms with Gasteiger partial charge in [-0.15, -0.1) is 0 Å². The van der Waals surface area contributed by atoms with Gasteiger partial charge < -0.3 is 15.0 Å². The zero-order valence-electron chi connectivity index (χ0n) is 20.4. The molecule has 1 aromatic carbocycles. The van der Waals surface area contributed by atoms with Crippen LogP contribution in [0.2, 0.25) is 0 Å². The van der Waals surface area contributed by atoms with Gasteiger partial charge in [0.2, 0.25) is 0 Å². The van der Waals surface area contributed by atoms with Crippen molar-refractivity contribution in [3.8, 4) is 28.3 Å². The minimum atomic E-state index is -0.239. The lowest BCUT2D eigenvalue weighted by atomic mass is 9.93. The fourth-order valence-corrected chi connectivity index (χ4v) is 4.81. The lowest BCUT2D eigenvalue weighted by Crippen LogP contribution is -2.20. The molecule has 37 heavy (non-hydrogen) atoms. The van der Waals surface area contributed by atoms with Crippen LogP contribution in [0.1, 0.15) is 31.2 Å². The summed E-state index contributed by atoms with van der Waals surface area (Å²) in [6.45, 7) is 0. The van der Waals surface area contributed by atoms with Crippen molar-refractivity contribution in [2.75, 3.05) is 12.4 Å². The molecule has 0 atom stereocenters. The van der Waals surface area contributed by atoms with Crippen LogP contribution in [0.3, 0.4) is 0 Å². The number of pyridine rings is 2. The third-order valence-corrected chi connectivity index (χ3v) is 6.60. The van der Waals surface area contributed by atoms with Gasteiger partial charge in [-0.3, -0.25) is 9.78 Å². The Hall–Kier alpha value is -4.72. The highest BCUT2D eigenvalue weighted by atomic mass is 16.5. The Labute approximate surface area is 213 Å². The molecule has 5 aromatic rings. The molecule has 184 valence electrons. The quantitative estimate of drug-likeness (QED) is 0.310. The summed E-state index contributed by atoms with van der Waals surface area (Å²) in [5.41, 5.74) is 5.10. The number of aromatic amines is 1. The number of fused-ring (bicyclic) bond motifs is 1. The topological polar surface area (TPSA) is 97.2 Å².